The second-order valence-corrected chi connectivity index (χ2v) is 4.30. The summed E-state index contributed by atoms with van der Waals surface area (Å²) in [6.45, 7) is 0. The zero-order chi connectivity index (χ0) is 13.2. The number of fused-ring (bicyclic) bond motifs is 1. The van der Waals surface area contributed by atoms with Crippen molar-refractivity contribution >= 4 is 22.4 Å². The quantitative estimate of drug-likeness (QED) is 0.721. The number of benzene rings is 2. The third kappa shape index (κ3) is 1.99. The van der Waals surface area contributed by atoms with E-state index in [0.717, 1.165) is 16.7 Å². The number of carbonyl (C=O) groups excluding carboxylic acids is 1. The van der Waals surface area contributed by atoms with Crippen LogP contribution in [0.15, 0.2) is 59.2 Å². The maximum absolute atomic E-state index is 12.4. The van der Waals surface area contributed by atoms with Crippen molar-refractivity contribution in [2.24, 2.45) is 0 Å². The molecule has 1 N–H and O–H groups in total. The van der Waals surface area contributed by atoms with Crippen molar-refractivity contribution in [3.05, 3.63) is 65.9 Å². The minimum absolute atomic E-state index is 0.0207. The first-order valence-electron chi connectivity index (χ1n) is 6.08. The highest BCUT2D eigenvalue weighted by molar-refractivity contribution is 6.15. The molecule has 3 aromatic rings. The van der Waals surface area contributed by atoms with Crippen LogP contribution >= 0.6 is 0 Å². The highest BCUT2D eigenvalue weighted by Crippen LogP contribution is 2.23. The summed E-state index contributed by atoms with van der Waals surface area (Å²) >= 11 is 0. The van der Waals surface area contributed by atoms with Crippen LogP contribution in [0.25, 0.3) is 11.0 Å². The van der Waals surface area contributed by atoms with Crippen LogP contribution in [0.2, 0.25) is 0 Å². The monoisotopic (exact) mass is 251 g/mol. The Balaban J connectivity index is 2.03. The smallest absolute Gasteiger partial charge is 0.196 e. The predicted molar refractivity (Wildman–Crippen MR) is 75.6 cm³/mol. The average molecular weight is 251 g/mol. The average Bonchev–Trinajstić information content (AvgIpc) is 2.90. The van der Waals surface area contributed by atoms with Gasteiger partial charge in [0.25, 0.3) is 0 Å². The maximum Gasteiger partial charge on any atom is 0.196 e. The van der Waals surface area contributed by atoms with Gasteiger partial charge in [-0.2, -0.15) is 0 Å². The summed E-state index contributed by atoms with van der Waals surface area (Å²) in [5.74, 6) is -0.0207. The van der Waals surface area contributed by atoms with E-state index < -0.39 is 0 Å². The number of rotatable bonds is 3. The highest BCUT2D eigenvalue weighted by atomic mass is 16.3. The molecule has 0 radical (unpaired) electrons. The van der Waals surface area contributed by atoms with E-state index in [2.05, 4.69) is 5.32 Å². The molecule has 0 saturated heterocycles. The first-order valence-corrected chi connectivity index (χ1v) is 6.08. The lowest BCUT2D eigenvalue weighted by atomic mass is 10.0. The number of para-hydroxylation sites is 1. The molecular weight excluding hydrogens is 238 g/mol. The first kappa shape index (κ1) is 11.5. The van der Waals surface area contributed by atoms with Gasteiger partial charge in [-0.15, -0.1) is 0 Å². The summed E-state index contributed by atoms with van der Waals surface area (Å²) in [6, 6.07) is 14.9. The normalized spacial score (nSPS) is 10.6. The van der Waals surface area contributed by atoms with Crippen LogP contribution in [0, 0.1) is 0 Å². The molecule has 0 saturated carbocycles. The van der Waals surface area contributed by atoms with Crippen molar-refractivity contribution in [1.29, 1.82) is 0 Å². The summed E-state index contributed by atoms with van der Waals surface area (Å²) in [5.41, 5.74) is 2.98. The lowest BCUT2D eigenvalue weighted by molar-refractivity contribution is 0.103. The lowest BCUT2D eigenvalue weighted by Crippen LogP contribution is -2.00. The summed E-state index contributed by atoms with van der Waals surface area (Å²) < 4.78 is 5.40. The Kier molecular flexibility index (Phi) is 2.80. The summed E-state index contributed by atoms with van der Waals surface area (Å²) in [6.07, 6.45) is 1.53. The molecule has 0 aliphatic rings. The summed E-state index contributed by atoms with van der Waals surface area (Å²) in [4.78, 5) is 12.4. The van der Waals surface area contributed by atoms with Gasteiger partial charge in [-0.3, -0.25) is 4.79 Å². The molecule has 1 aromatic heterocycles. The van der Waals surface area contributed by atoms with E-state index in [1.807, 2.05) is 55.6 Å². The Morgan fingerprint density at radius 3 is 2.53 bits per heavy atom. The SMILES string of the molecule is CNc1ccc(C(=O)c2coc3ccccc23)cc1. The van der Waals surface area contributed by atoms with Crippen LogP contribution in [-0.4, -0.2) is 12.8 Å². The fourth-order valence-corrected chi connectivity index (χ4v) is 2.10. The minimum atomic E-state index is -0.0207. The van der Waals surface area contributed by atoms with E-state index in [0.29, 0.717) is 11.1 Å². The fraction of sp³-hybridized carbons (Fsp3) is 0.0625. The Morgan fingerprint density at radius 1 is 1.05 bits per heavy atom. The molecular formula is C16H13NO2. The van der Waals surface area contributed by atoms with E-state index in [1.54, 1.807) is 0 Å². The molecule has 1 heterocycles. The van der Waals surface area contributed by atoms with E-state index in [4.69, 9.17) is 4.42 Å². The Bertz CT molecular complexity index is 726. The molecule has 0 aliphatic carbocycles. The van der Waals surface area contributed by atoms with Crippen molar-refractivity contribution in [2.75, 3.05) is 12.4 Å². The number of ketones is 1. The number of anilines is 1. The molecule has 3 rings (SSSR count). The highest BCUT2D eigenvalue weighted by Gasteiger charge is 2.15. The zero-order valence-electron chi connectivity index (χ0n) is 10.5. The molecule has 3 heteroatoms. The molecule has 0 atom stereocenters. The largest absolute Gasteiger partial charge is 0.464 e. The van der Waals surface area contributed by atoms with Gasteiger partial charge >= 0.3 is 0 Å². The van der Waals surface area contributed by atoms with Gasteiger partial charge in [0.15, 0.2) is 5.78 Å². The number of nitrogens with one attached hydrogen (secondary N) is 1. The number of carbonyl (C=O) groups is 1. The van der Waals surface area contributed by atoms with Crippen molar-refractivity contribution in [3.63, 3.8) is 0 Å². The predicted octanol–water partition coefficient (Wildman–Crippen LogP) is 3.71. The number of hydrogen-bond acceptors (Lipinski definition) is 3. The van der Waals surface area contributed by atoms with E-state index in [1.165, 1.54) is 6.26 Å². The van der Waals surface area contributed by atoms with Crippen LogP contribution in [0.1, 0.15) is 15.9 Å². The van der Waals surface area contributed by atoms with Crippen LogP contribution < -0.4 is 5.32 Å². The first-order chi connectivity index (χ1) is 9.29. The lowest BCUT2D eigenvalue weighted by Gasteiger charge is -2.02. The standard InChI is InChI=1S/C16H13NO2/c1-17-12-8-6-11(7-9-12)16(18)14-10-19-15-5-3-2-4-13(14)15/h2-10,17H,1H3. The Labute approximate surface area is 110 Å². The molecule has 94 valence electrons. The van der Waals surface area contributed by atoms with Gasteiger partial charge in [0.2, 0.25) is 0 Å². The second kappa shape index (κ2) is 4.61. The number of furan rings is 1. The minimum Gasteiger partial charge on any atom is -0.464 e. The topological polar surface area (TPSA) is 42.2 Å². The molecule has 0 amide bonds. The molecule has 19 heavy (non-hydrogen) atoms. The van der Waals surface area contributed by atoms with E-state index in [9.17, 15) is 4.79 Å². The van der Waals surface area contributed by atoms with Gasteiger partial charge < -0.3 is 9.73 Å². The Hall–Kier alpha value is -2.55. The third-order valence-corrected chi connectivity index (χ3v) is 3.16. The van der Waals surface area contributed by atoms with Crippen LogP contribution in [0.3, 0.4) is 0 Å². The zero-order valence-corrected chi connectivity index (χ0v) is 10.5. The summed E-state index contributed by atoms with van der Waals surface area (Å²) in [7, 11) is 1.85. The molecule has 2 aromatic carbocycles. The van der Waals surface area contributed by atoms with Crippen LogP contribution in [-0.2, 0) is 0 Å². The van der Waals surface area contributed by atoms with Crippen molar-refractivity contribution in [2.45, 2.75) is 0 Å². The van der Waals surface area contributed by atoms with Gasteiger partial charge in [-0.1, -0.05) is 18.2 Å². The third-order valence-electron chi connectivity index (χ3n) is 3.16. The van der Waals surface area contributed by atoms with Gasteiger partial charge in [0.05, 0.1) is 5.56 Å². The molecule has 3 nitrogen and oxygen atoms in total. The van der Waals surface area contributed by atoms with Crippen molar-refractivity contribution < 1.29 is 9.21 Å². The Morgan fingerprint density at radius 2 is 1.79 bits per heavy atom. The van der Waals surface area contributed by atoms with Crippen LogP contribution in [0.4, 0.5) is 5.69 Å². The summed E-state index contributed by atoms with van der Waals surface area (Å²) in [5, 5.41) is 3.88. The maximum atomic E-state index is 12.4. The molecule has 0 spiro atoms. The van der Waals surface area contributed by atoms with Gasteiger partial charge in [0.1, 0.15) is 11.8 Å². The van der Waals surface area contributed by atoms with Gasteiger partial charge in [-0.25, -0.2) is 0 Å². The molecule has 0 aliphatic heterocycles. The van der Waals surface area contributed by atoms with Gasteiger partial charge in [-0.05, 0) is 30.3 Å². The van der Waals surface area contributed by atoms with Crippen molar-refractivity contribution in [1.82, 2.24) is 0 Å². The molecule has 0 unspecified atom stereocenters. The van der Waals surface area contributed by atoms with Gasteiger partial charge in [0, 0.05) is 23.7 Å². The molecule has 0 fully saturated rings. The molecule has 0 bridgehead atoms. The van der Waals surface area contributed by atoms with E-state index in [-0.39, 0.29) is 5.78 Å². The van der Waals surface area contributed by atoms with Crippen LogP contribution in [0.5, 0.6) is 0 Å². The van der Waals surface area contributed by atoms with E-state index >= 15 is 0 Å². The number of hydrogen-bond donors (Lipinski definition) is 1. The fourth-order valence-electron chi connectivity index (χ4n) is 2.10. The van der Waals surface area contributed by atoms with Crippen molar-refractivity contribution in [3.8, 4) is 0 Å². The second-order valence-electron chi connectivity index (χ2n) is 4.30.